The standard InChI is InChI=1S/C8H13N3O3/c1-5(12)4-9-8(14)6-2-3-7(13)11-10-6/h5,12H,2-4H2,1H3,(H,9,14)(H,11,13). The quantitative estimate of drug-likeness (QED) is 0.530. The van der Waals surface area contributed by atoms with Crippen LogP contribution in [0.3, 0.4) is 0 Å². The van der Waals surface area contributed by atoms with Gasteiger partial charge in [-0.3, -0.25) is 9.59 Å². The molecule has 2 amide bonds. The summed E-state index contributed by atoms with van der Waals surface area (Å²) < 4.78 is 0. The van der Waals surface area contributed by atoms with Crippen molar-refractivity contribution in [2.24, 2.45) is 5.10 Å². The van der Waals surface area contributed by atoms with E-state index in [1.165, 1.54) is 0 Å². The highest BCUT2D eigenvalue weighted by atomic mass is 16.3. The summed E-state index contributed by atoms with van der Waals surface area (Å²) in [7, 11) is 0. The Morgan fingerprint density at radius 1 is 1.71 bits per heavy atom. The number of carbonyl (C=O) groups excluding carboxylic acids is 2. The van der Waals surface area contributed by atoms with Crippen LogP contribution in [0.5, 0.6) is 0 Å². The highest BCUT2D eigenvalue weighted by Gasteiger charge is 2.17. The molecule has 1 aliphatic heterocycles. The van der Waals surface area contributed by atoms with Gasteiger partial charge in [-0.15, -0.1) is 0 Å². The summed E-state index contributed by atoms with van der Waals surface area (Å²) in [6, 6.07) is 0. The van der Waals surface area contributed by atoms with E-state index in [2.05, 4.69) is 15.8 Å². The van der Waals surface area contributed by atoms with Crippen molar-refractivity contribution in [2.75, 3.05) is 6.54 Å². The molecule has 0 bridgehead atoms. The van der Waals surface area contributed by atoms with Crippen molar-refractivity contribution < 1.29 is 14.7 Å². The van der Waals surface area contributed by atoms with Crippen LogP contribution in [0.1, 0.15) is 19.8 Å². The highest BCUT2D eigenvalue weighted by molar-refractivity contribution is 6.39. The summed E-state index contributed by atoms with van der Waals surface area (Å²) in [4.78, 5) is 22.0. The Bertz CT molecular complexity index is 273. The molecule has 0 spiro atoms. The molecule has 0 aromatic heterocycles. The molecule has 14 heavy (non-hydrogen) atoms. The first kappa shape index (κ1) is 10.6. The second-order valence-electron chi connectivity index (χ2n) is 3.15. The van der Waals surface area contributed by atoms with Gasteiger partial charge in [-0.2, -0.15) is 5.10 Å². The minimum atomic E-state index is -0.585. The maximum Gasteiger partial charge on any atom is 0.267 e. The molecule has 78 valence electrons. The van der Waals surface area contributed by atoms with Gasteiger partial charge >= 0.3 is 0 Å². The molecule has 0 saturated carbocycles. The number of nitrogens with one attached hydrogen (secondary N) is 2. The Kier molecular flexibility index (Phi) is 3.58. The molecule has 0 fully saturated rings. The van der Waals surface area contributed by atoms with E-state index in [1.54, 1.807) is 6.92 Å². The van der Waals surface area contributed by atoms with Crippen LogP contribution in [-0.4, -0.2) is 35.3 Å². The second kappa shape index (κ2) is 4.71. The first-order valence-electron chi connectivity index (χ1n) is 4.41. The minimum absolute atomic E-state index is 0.183. The molecule has 1 aliphatic rings. The summed E-state index contributed by atoms with van der Waals surface area (Å²) in [5.41, 5.74) is 2.52. The molecule has 0 saturated heterocycles. The Morgan fingerprint density at radius 3 is 2.93 bits per heavy atom. The number of aliphatic hydroxyl groups excluding tert-OH is 1. The van der Waals surface area contributed by atoms with Crippen molar-refractivity contribution >= 4 is 17.5 Å². The number of carbonyl (C=O) groups is 2. The molecule has 0 aromatic rings. The molecule has 6 nitrogen and oxygen atoms in total. The van der Waals surface area contributed by atoms with Gasteiger partial charge in [0.15, 0.2) is 0 Å². The van der Waals surface area contributed by atoms with Gasteiger partial charge in [0.1, 0.15) is 5.71 Å². The van der Waals surface area contributed by atoms with Gasteiger partial charge in [-0.25, -0.2) is 5.43 Å². The Hall–Kier alpha value is -1.43. The van der Waals surface area contributed by atoms with E-state index in [9.17, 15) is 9.59 Å². The van der Waals surface area contributed by atoms with Crippen molar-refractivity contribution in [1.29, 1.82) is 0 Å². The maximum atomic E-state index is 11.3. The number of hydrogen-bond donors (Lipinski definition) is 3. The molecule has 1 heterocycles. The lowest BCUT2D eigenvalue weighted by molar-refractivity contribution is -0.121. The lowest BCUT2D eigenvalue weighted by Gasteiger charge is -2.12. The van der Waals surface area contributed by atoms with Crippen molar-refractivity contribution in [2.45, 2.75) is 25.9 Å². The van der Waals surface area contributed by atoms with E-state index in [1.807, 2.05) is 0 Å². The summed E-state index contributed by atoms with van der Waals surface area (Å²) >= 11 is 0. The molecular weight excluding hydrogens is 186 g/mol. The molecule has 1 unspecified atom stereocenters. The van der Waals surface area contributed by atoms with Gasteiger partial charge in [-0.1, -0.05) is 0 Å². The molecule has 1 rings (SSSR count). The second-order valence-corrected chi connectivity index (χ2v) is 3.15. The third kappa shape index (κ3) is 3.14. The van der Waals surface area contributed by atoms with E-state index in [0.717, 1.165) is 0 Å². The smallest absolute Gasteiger partial charge is 0.267 e. The fraction of sp³-hybridized carbons (Fsp3) is 0.625. The average Bonchev–Trinajstić information content (AvgIpc) is 2.15. The average molecular weight is 199 g/mol. The zero-order valence-corrected chi connectivity index (χ0v) is 7.91. The van der Waals surface area contributed by atoms with Crippen LogP contribution in [0.4, 0.5) is 0 Å². The van der Waals surface area contributed by atoms with E-state index >= 15 is 0 Å². The van der Waals surface area contributed by atoms with E-state index in [-0.39, 0.29) is 24.8 Å². The minimum Gasteiger partial charge on any atom is -0.392 e. The van der Waals surface area contributed by atoms with Crippen molar-refractivity contribution in [3.8, 4) is 0 Å². The predicted molar refractivity (Wildman–Crippen MR) is 49.5 cm³/mol. The molecule has 0 aliphatic carbocycles. The van der Waals surface area contributed by atoms with Crippen LogP contribution < -0.4 is 10.7 Å². The topological polar surface area (TPSA) is 90.8 Å². The zero-order chi connectivity index (χ0) is 10.6. The van der Waals surface area contributed by atoms with Gasteiger partial charge in [0.2, 0.25) is 5.91 Å². The SMILES string of the molecule is CC(O)CNC(=O)C1=NNC(=O)CC1. The molecule has 0 radical (unpaired) electrons. The largest absolute Gasteiger partial charge is 0.392 e. The van der Waals surface area contributed by atoms with Crippen LogP contribution in [0.2, 0.25) is 0 Å². The number of nitrogens with zero attached hydrogens (tertiary/aromatic N) is 1. The molecule has 1 atom stereocenters. The fourth-order valence-electron chi connectivity index (χ4n) is 0.980. The Balaban J connectivity index is 2.41. The lowest BCUT2D eigenvalue weighted by atomic mass is 10.1. The van der Waals surface area contributed by atoms with Crippen LogP contribution in [0.15, 0.2) is 5.10 Å². The highest BCUT2D eigenvalue weighted by Crippen LogP contribution is 1.99. The van der Waals surface area contributed by atoms with Crippen LogP contribution in [0.25, 0.3) is 0 Å². The Labute approximate surface area is 81.4 Å². The summed E-state index contributed by atoms with van der Waals surface area (Å²) in [5, 5.41) is 15.0. The van der Waals surface area contributed by atoms with Crippen molar-refractivity contribution in [3.63, 3.8) is 0 Å². The molecular formula is C8H13N3O3. The zero-order valence-electron chi connectivity index (χ0n) is 7.91. The number of hydrazone groups is 1. The Morgan fingerprint density at radius 2 is 2.43 bits per heavy atom. The van der Waals surface area contributed by atoms with Gasteiger partial charge in [0.05, 0.1) is 6.10 Å². The molecule has 0 aromatic carbocycles. The first-order chi connectivity index (χ1) is 6.59. The van der Waals surface area contributed by atoms with Gasteiger partial charge in [-0.05, 0) is 6.92 Å². The monoisotopic (exact) mass is 199 g/mol. The van der Waals surface area contributed by atoms with E-state index in [0.29, 0.717) is 12.1 Å². The van der Waals surface area contributed by atoms with Gasteiger partial charge < -0.3 is 10.4 Å². The number of aliphatic hydroxyl groups is 1. The fourth-order valence-corrected chi connectivity index (χ4v) is 0.980. The summed E-state index contributed by atoms with van der Waals surface area (Å²) in [5.74, 6) is -0.525. The first-order valence-corrected chi connectivity index (χ1v) is 4.41. The number of amides is 2. The van der Waals surface area contributed by atoms with Crippen LogP contribution in [0, 0.1) is 0 Å². The third-order valence-corrected chi connectivity index (χ3v) is 1.72. The lowest BCUT2D eigenvalue weighted by Crippen LogP contribution is -2.39. The van der Waals surface area contributed by atoms with Gasteiger partial charge in [0, 0.05) is 19.4 Å². The normalized spacial score (nSPS) is 18.1. The number of rotatable bonds is 3. The van der Waals surface area contributed by atoms with Crippen LogP contribution >= 0.6 is 0 Å². The summed E-state index contributed by atoms with van der Waals surface area (Å²) in [6.07, 6.45) is 0.0380. The number of hydrogen-bond acceptors (Lipinski definition) is 4. The summed E-state index contributed by atoms with van der Waals surface area (Å²) in [6.45, 7) is 1.76. The third-order valence-electron chi connectivity index (χ3n) is 1.72. The van der Waals surface area contributed by atoms with E-state index < -0.39 is 6.10 Å². The van der Waals surface area contributed by atoms with Crippen LogP contribution in [-0.2, 0) is 9.59 Å². The van der Waals surface area contributed by atoms with Gasteiger partial charge in [0.25, 0.3) is 5.91 Å². The predicted octanol–water partition coefficient (Wildman–Crippen LogP) is -1.25. The molecule has 3 N–H and O–H groups in total. The van der Waals surface area contributed by atoms with E-state index in [4.69, 9.17) is 5.11 Å². The van der Waals surface area contributed by atoms with Crippen molar-refractivity contribution in [1.82, 2.24) is 10.7 Å². The maximum absolute atomic E-state index is 11.3. The molecule has 6 heteroatoms. The van der Waals surface area contributed by atoms with Crippen molar-refractivity contribution in [3.05, 3.63) is 0 Å².